The summed E-state index contributed by atoms with van der Waals surface area (Å²) in [6.45, 7) is 0.164. The van der Waals surface area contributed by atoms with Crippen molar-refractivity contribution in [3.05, 3.63) is 88.9 Å². The lowest BCUT2D eigenvalue weighted by Crippen LogP contribution is -2.30. The highest BCUT2D eigenvalue weighted by atomic mass is 79.9. The molecule has 3 aromatic carbocycles. The van der Waals surface area contributed by atoms with Gasteiger partial charge in [-0.2, -0.15) is 0 Å². The van der Waals surface area contributed by atoms with E-state index >= 15 is 0 Å². The van der Waals surface area contributed by atoms with E-state index in [9.17, 15) is 8.42 Å². The zero-order valence-electron chi connectivity index (χ0n) is 14.2. The molecule has 6 heteroatoms. The number of rotatable bonds is 6. The second kappa shape index (κ2) is 7.93. The maximum Gasteiger partial charge on any atom is 0.264 e. The molecule has 0 aliphatic carbocycles. The summed E-state index contributed by atoms with van der Waals surface area (Å²) in [6.07, 6.45) is 0. The van der Waals surface area contributed by atoms with Crippen molar-refractivity contribution in [2.75, 3.05) is 11.4 Å². The van der Waals surface area contributed by atoms with E-state index in [1.165, 1.54) is 4.31 Å². The highest BCUT2D eigenvalue weighted by molar-refractivity contribution is 9.10. The van der Waals surface area contributed by atoms with Crippen molar-refractivity contribution in [2.24, 2.45) is 0 Å². The van der Waals surface area contributed by atoms with Gasteiger partial charge in [-0.05, 0) is 36.4 Å². The molecule has 0 N–H and O–H groups in total. The van der Waals surface area contributed by atoms with E-state index in [-0.39, 0.29) is 11.4 Å². The van der Waals surface area contributed by atoms with Crippen molar-refractivity contribution in [2.45, 2.75) is 11.4 Å². The zero-order chi connectivity index (χ0) is 18.6. The van der Waals surface area contributed by atoms with E-state index in [0.29, 0.717) is 11.4 Å². The van der Waals surface area contributed by atoms with Gasteiger partial charge in [-0.15, -0.1) is 0 Å². The number of sulfonamides is 1. The first-order valence-corrected chi connectivity index (χ1v) is 10.2. The Morgan fingerprint density at radius 2 is 1.62 bits per heavy atom. The van der Waals surface area contributed by atoms with E-state index in [4.69, 9.17) is 4.74 Å². The van der Waals surface area contributed by atoms with Gasteiger partial charge in [-0.25, -0.2) is 8.42 Å². The lowest BCUT2D eigenvalue weighted by Gasteiger charge is -2.25. The van der Waals surface area contributed by atoms with Crippen LogP contribution in [0.15, 0.2) is 88.2 Å². The molecule has 0 amide bonds. The number of para-hydroxylation sites is 1. The maximum absolute atomic E-state index is 13.3. The third-order valence-corrected chi connectivity index (χ3v) is 6.22. The summed E-state index contributed by atoms with van der Waals surface area (Å²) in [5.74, 6) is 0.649. The minimum absolute atomic E-state index is 0.164. The van der Waals surface area contributed by atoms with Crippen LogP contribution in [0.1, 0.15) is 5.56 Å². The van der Waals surface area contributed by atoms with Gasteiger partial charge < -0.3 is 4.74 Å². The lowest BCUT2D eigenvalue weighted by molar-refractivity contribution is 0.410. The molecule has 3 rings (SSSR count). The summed E-state index contributed by atoms with van der Waals surface area (Å²) in [5.41, 5.74) is 1.36. The van der Waals surface area contributed by atoms with Gasteiger partial charge in [0, 0.05) is 10.0 Å². The van der Waals surface area contributed by atoms with Crippen LogP contribution >= 0.6 is 15.9 Å². The smallest absolute Gasteiger partial charge is 0.264 e. The van der Waals surface area contributed by atoms with Crippen LogP contribution in [0.4, 0.5) is 5.69 Å². The van der Waals surface area contributed by atoms with Crippen LogP contribution in [0.3, 0.4) is 0 Å². The molecule has 26 heavy (non-hydrogen) atoms. The third kappa shape index (κ3) is 3.92. The Morgan fingerprint density at radius 1 is 0.923 bits per heavy atom. The van der Waals surface area contributed by atoms with Crippen molar-refractivity contribution in [1.82, 2.24) is 0 Å². The van der Waals surface area contributed by atoms with Gasteiger partial charge in [0.25, 0.3) is 10.0 Å². The van der Waals surface area contributed by atoms with Gasteiger partial charge in [-0.3, -0.25) is 4.31 Å². The van der Waals surface area contributed by atoms with Crippen molar-refractivity contribution < 1.29 is 13.2 Å². The predicted octanol–water partition coefficient (Wildman–Crippen LogP) is 4.85. The molecule has 134 valence electrons. The summed E-state index contributed by atoms with van der Waals surface area (Å²) in [7, 11) is -2.16. The molecule has 0 heterocycles. The average molecular weight is 432 g/mol. The van der Waals surface area contributed by atoms with Crippen molar-refractivity contribution >= 4 is 31.6 Å². The van der Waals surface area contributed by atoms with Gasteiger partial charge in [0.15, 0.2) is 0 Å². The van der Waals surface area contributed by atoms with Crippen molar-refractivity contribution in [3.63, 3.8) is 0 Å². The highest BCUT2D eigenvalue weighted by Gasteiger charge is 2.26. The molecule has 0 fully saturated rings. The molecule has 0 bridgehead atoms. The Bertz CT molecular complexity index is 991. The fraction of sp³-hybridized carbons (Fsp3) is 0.100. The Balaban J connectivity index is 2.11. The van der Waals surface area contributed by atoms with Gasteiger partial charge >= 0.3 is 0 Å². The van der Waals surface area contributed by atoms with Crippen LogP contribution in [0.5, 0.6) is 5.75 Å². The molecule has 3 aromatic rings. The van der Waals surface area contributed by atoms with E-state index < -0.39 is 10.0 Å². The normalized spacial score (nSPS) is 11.2. The van der Waals surface area contributed by atoms with Crippen molar-refractivity contribution in [1.29, 1.82) is 0 Å². The number of benzene rings is 3. The number of ether oxygens (including phenoxy) is 1. The van der Waals surface area contributed by atoms with Crippen LogP contribution in [-0.2, 0) is 16.6 Å². The second-order valence-corrected chi connectivity index (χ2v) is 8.39. The van der Waals surface area contributed by atoms with Crippen LogP contribution in [0.25, 0.3) is 0 Å². The molecule has 0 aliphatic heterocycles. The summed E-state index contributed by atoms with van der Waals surface area (Å²) < 4.78 is 34.2. The zero-order valence-corrected chi connectivity index (χ0v) is 16.6. The quantitative estimate of drug-likeness (QED) is 0.559. The summed E-state index contributed by atoms with van der Waals surface area (Å²) in [5, 5.41) is 0. The number of nitrogens with zero attached hydrogens (tertiary/aromatic N) is 1. The summed E-state index contributed by atoms with van der Waals surface area (Å²) >= 11 is 3.42. The largest absolute Gasteiger partial charge is 0.496 e. The van der Waals surface area contributed by atoms with E-state index in [1.54, 1.807) is 49.6 Å². The molecule has 0 spiro atoms. The fourth-order valence-electron chi connectivity index (χ4n) is 2.65. The Morgan fingerprint density at radius 3 is 2.31 bits per heavy atom. The first-order chi connectivity index (χ1) is 12.5. The molecule has 0 atom stereocenters. The number of hydrogen-bond donors (Lipinski definition) is 0. The Kier molecular flexibility index (Phi) is 5.64. The molecule has 0 unspecified atom stereocenters. The molecule has 0 saturated carbocycles. The molecule has 0 saturated heterocycles. The van der Waals surface area contributed by atoms with Crippen LogP contribution in [0, 0.1) is 0 Å². The minimum atomic E-state index is -3.74. The van der Waals surface area contributed by atoms with Gasteiger partial charge in [0.1, 0.15) is 5.75 Å². The maximum atomic E-state index is 13.3. The van der Waals surface area contributed by atoms with E-state index in [1.807, 2.05) is 36.4 Å². The molecule has 0 aliphatic rings. The van der Waals surface area contributed by atoms with Crippen molar-refractivity contribution in [3.8, 4) is 5.75 Å². The molecular formula is C20H18BrNO3S. The van der Waals surface area contributed by atoms with Crippen LogP contribution in [-0.4, -0.2) is 15.5 Å². The Labute approximate surface area is 162 Å². The molecule has 0 radical (unpaired) electrons. The van der Waals surface area contributed by atoms with Crippen LogP contribution < -0.4 is 9.04 Å². The van der Waals surface area contributed by atoms with Crippen LogP contribution in [0.2, 0.25) is 0 Å². The Hall–Kier alpha value is -2.31. The fourth-order valence-corrected chi connectivity index (χ4v) is 4.50. The van der Waals surface area contributed by atoms with Gasteiger partial charge in [0.2, 0.25) is 0 Å². The SMILES string of the molecule is COc1ccccc1CN(c1cccc(Br)c1)S(=O)(=O)c1ccccc1. The first kappa shape index (κ1) is 18.5. The van der Waals surface area contributed by atoms with Gasteiger partial charge in [-0.1, -0.05) is 58.4 Å². The average Bonchev–Trinajstić information content (AvgIpc) is 2.67. The minimum Gasteiger partial charge on any atom is -0.496 e. The second-order valence-electron chi connectivity index (χ2n) is 5.62. The first-order valence-electron chi connectivity index (χ1n) is 7.97. The van der Waals surface area contributed by atoms with E-state index in [0.717, 1.165) is 10.0 Å². The monoisotopic (exact) mass is 431 g/mol. The molecule has 4 nitrogen and oxygen atoms in total. The predicted molar refractivity (Wildman–Crippen MR) is 107 cm³/mol. The van der Waals surface area contributed by atoms with Gasteiger partial charge in [0.05, 0.1) is 24.2 Å². The molecular weight excluding hydrogens is 414 g/mol. The molecule has 0 aromatic heterocycles. The number of halogens is 1. The lowest BCUT2D eigenvalue weighted by atomic mass is 10.2. The summed E-state index contributed by atoms with van der Waals surface area (Å²) in [4.78, 5) is 0.245. The number of anilines is 1. The topological polar surface area (TPSA) is 46.6 Å². The van der Waals surface area contributed by atoms with E-state index in [2.05, 4.69) is 15.9 Å². The third-order valence-electron chi connectivity index (χ3n) is 3.93. The number of hydrogen-bond acceptors (Lipinski definition) is 3. The standard InChI is InChI=1S/C20H18BrNO3S/c1-25-20-13-6-5-8-16(20)15-22(18-10-7-9-17(21)14-18)26(23,24)19-11-3-2-4-12-19/h2-14H,15H2,1H3. The number of methoxy groups -OCH3 is 1. The summed E-state index contributed by atoms with van der Waals surface area (Å²) in [6, 6.07) is 23.1. The highest BCUT2D eigenvalue weighted by Crippen LogP contribution is 2.30.